The average molecular weight is 344 g/mol. The molecule has 0 aromatic rings. The van der Waals surface area contributed by atoms with Crippen molar-refractivity contribution >= 4 is 0 Å². The minimum atomic E-state index is -0.377. The molecule has 1 aliphatic heterocycles. The lowest BCUT2D eigenvalue weighted by atomic mass is 9.44. The summed E-state index contributed by atoms with van der Waals surface area (Å²) in [6.07, 6.45) is 6.63. The van der Waals surface area contributed by atoms with Crippen LogP contribution in [0.3, 0.4) is 0 Å². The van der Waals surface area contributed by atoms with Crippen molar-refractivity contribution in [2.75, 3.05) is 13.1 Å². The van der Waals surface area contributed by atoms with Crippen molar-refractivity contribution in [3.63, 3.8) is 0 Å². The Balaban J connectivity index is 1.58. The van der Waals surface area contributed by atoms with Crippen molar-refractivity contribution in [2.24, 2.45) is 39.9 Å². The van der Waals surface area contributed by atoms with Crippen LogP contribution in [0.4, 0.5) is 0 Å². The first-order chi connectivity index (χ1) is 11.9. The normalized spacial score (nSPS) is 64.6. The number of aliphatic hydroxyl groups is 2. The number of piperidine rings is 1. The molecule has 2 spiro atoms. The lowest BCUT2D eigenvalue weighted by Gasteiger charge is -2.64. The summed E-state index contributed by atoms with van der Waals surface area (Å²) in [4.78, 5) is 2.80. The molecule has 10 atom stereocenters. The van der Waals surface area contributed by atoms with Crippen molar-refractivity contribution in [2.45, 2.75) is 70.6 Å². The SMILES string of the molecule is C=C1[C@H]2C[C@]3([C@@H](C[C@H]2O)[C@@]24CCC[C@@]5(C)CN(CC)[C@@H]2[C@@H]3C[C@H]54)[C@@H]1O. The van der Waals surface area contributed by atoms with E-state index in [4.69, 9.17) is 0 Å². The van der Waals surface area contributed by atoms with Gasteiger partial charge in [0.2, 0.25) is 0 Å². The van der Waals surface area contributed by atoms with Gasteiger partial charge < -0.3 is 10.2 Å². The standard InChI is InChI=1S/C22H33NO2/c1-4-23-11-20(3)6-5-7-21-16(20)8-14(18(21)23)22-10-13(12(2)19(22)25)15(24)9-17(21)22/h13-19,24-25H,2,4-11H2,1,3H3/t13-,14+,15-,16-,17+,18-,19-,20+,21+,22+/m1/s1. The number of nitrogens with zero attached hydrogens (tertiary/aromatic N) is 1. The van der Waals surface area contributed by atoms with E-state index in [1.165, 1.54) is 32.2 Å². The quantitative estimate of drug-likeness (QED) is 0.720. The van der Waals surface area contributed by atoms with E-state index in [2.05, 4.69) is 25.3 Å². The van der Waals surface area contributed by atoms with E-state index in [1.807, 2.05) is 0 Å². The second-order valence-corrected chi connectivity index (χ2v) is 10.8. The highest BCUT2D eigenvalue weighted by Gasteiger charge is 2.83. The molecule has 1 saturated heterocycles. The molecule has 7 bridgehead atoms. The minimum absolute atomic E-state index is 0.0259. The van der Waals surface area contributed by atoms with Gasteiger partial charge in [0.05, 0.1) is 12.2 Å². The van der Waals surface area contributed by atoms with Gasteiger partial charge in [0, 0.05) is 23.9 Å². The summed E-state index contributed by atoms with van der Waals surface area (Å²) in [6, 6.07) is 0.646. The molecule has 138 valence electrons. The maximum Gasteiger partial charge on any atom is 0.0813 e. The summed E-state index contributed by atoms with van der Waals surface area (Å²) in [7, 11) is 0. The van der Waals surface area contributed by atoms with Gasteiger partial charge in [-0.2, -0.15) is 0 Å². The zero-order chi connectivity index (χ0) is 17.4. The molecule has 6 rings (SSSR count). The van der Waals surface area contributed by atoms with Crippen molar-refractivity contribution in [3.8, 4) is 0 Å². The fourth-order valence-electron chi connectivity index (χ4n) is 10.0. The van der Waals surface area contributed by atoms with Crippen LogP contribution in [-0.4, -0.2) is 46.5 Å². The van der Waals surface area contributed by atoms with Gasteiger partial charge in [-0.15, -0.1) is 0 Å². The molecule has 3 heteroatoms. The van der Waals surface area contributed by atoms with Gasteiger partial charge in [0.25, 0.3) is 0 Å². The lowest BCUT2D eigenvalue weighted by Crippen LogP contribution is -2.63. The first kappa shape index (κ1) is 15.7. The Hall–Kier alpha value is -0.380. The van der Waals surface area contributed by atoms with Crippen molar-refractivity contribution in [1.29, 1.82) is 0 Å². The molecule has 0 unspecified atom stereocenters. The third-order valence-corrected chi connectivity index (χ3v) is 10.5. The van der Waals surface area contributed by atoms with Crippen LogP contribution >= 0.6 is 0 Å². The first-order valence-corrected chi connectivity index (χ1v) is 10.7. The summed E-state index contributed by atoms with van der Waals surface area (Å²) < 4.78 is 0. The lowest BCUT2D eigenvalue weighted by molar-refractivity contribution is -0.171. The molecule has 5 saturated carbocycles. The zero-order valence-electron chi connectivity index (χ0n) is 15.7. The number of hydrogen-bond donors (Lipinski definition) is 2. The molecule has 0 aromatic heterocycles. The monoisotopic (exact) mass is 343 g/mol. The summed E-state index contributed by atoms with van der Waals surface area (Å²) in [5.41, 5.74) is 1.78. The number of hydrogen-bond acceptors (Lipinski definition) is 3. The third-order valence-electron chi connectivity index (χ3n) is 10.5. The number of likely N-dealkylation sites (tertiary alicyclic amines) is 1. The Bertz CT molecular complexity index is 662. The number of fused-ring (bicyclic) bond motifs is 1. The average Bonchev–Trinajstić information content (AvgIpc) is 3.08. The molecule has 2 N–H and O–H groups in total. The molecule has 6 aliphatic rings. The van der Waals surface area contributed by atoms with Crippen molar-refractivity contribution in [1.82, 2.24) is 4.90 Å². The predicted molar refractivity (Wildman–Crippen MR) is 96.8 cm³/mol. The van der Waals surface area contributed by atoms with Crippen LogP contribution in [0.2, 0.25) is 0 Å². The summed E-state index contributed by atoms with van der Waals surface area (Å²) in [6.45, 7) is 11.5. The molecule has 0 amide bonds. The molecular weight excluding hydrogens is 310 g/mol. The van der Waals surface area contributed by atoms with Crippen LogP contribution in [-0.2, 0) is 0 Å². The molecule has 6 fully saturated rings. The largest absolute Gasteiger partial charge is 0.392 e. The minimum Gasteiger partial charge on any atom is -0.392 e. The van der Waals surface area contributed by atoms with Crippen LogP contribution in [0, 0.1) is 39.9 Å². The summed E-state index contributed by atoms with van der Waals surface area (Å²) in [5, 5.41) is 22.3. The van der Waals surface area contributed by atoms with Gasteiger partial charge >= 0.3 is 0 Å². The Morgan fingerprint density at radius 1 is 1.16 bits per heavy atom. The molecule has 1 heterocycles. The fourth-order valence-corrected chi connectivity index (χ4v) is 10.0. The maximum atomic E-state index is 11.4. The van der Waals surface area contributed by atoms with Gasteiger partial charge in [-0.1, -0.05) is 26.8 Å². The number of rotatable bonds is 1. The van der Waals surface area contributed by atoms with E-state index in [1.54, 1.807) is 0 Å². The van der Waals surface area contributed by atoms with Crippen LogP contribution in [0.25, 0.3) is 0 Å². The van der Waals surface area contributed by atoms with E-state index in [0.29, 0.717) is 28.7 Å². The molecule has 25 heavy (non-hydrogen) atoms. The van der Waals surface area contributed by atoms with E-state index in [0.717, 1.165) is 30.9 Å². The second kappa shape index (κ2) is 4.36. The van der Waals surface area contributed by atoms with Crippen LogP contribution < -0.4 is 0 Å². The fraction of sp³-hybridized carbons (Fsp3) is 0.909. The maximum absolute atomic E-state index is 11.4. The molecule has 0 aromatic carbocycles. The molecule has 0 radical (unpaired) electrons. The molecule has 3 nitrogen and oxygen atoms in total. The second-order valence-electron chi connectivity index (χ2n) is 10.8. The Labute approximate surface area is 151 Å². The van der Waals surface area contributed by atoms with Gasteiger partial charge in [-0.3, -0.25) is 4.90 Å². The van der Waals surface area contributed by atoms with E-state index in [-0.39, 0.29) is 23.5 Å². The Morgan fingerprint density at radius 2 is 1.96 bits per heavy atom. The topological polar surface area (TPSA) is 43.7 Å². The van der Waals surface area contributed by atoms with Gasteiger partial charge in [0.15, 0.2) is 0 Å². The zero-order valence-corrected chi connectivity index (χ0v) is 15.7. The van der Waals surface area contributed by atoms with Crippen LogP contribution in [0.5, 0.6) is 0 Å². The van der Waals surface area contributed by atoms with E-state index >= 15 is 0 Å². The van der Waals surface area contributed by atoms with E-state index in [9.17, 15) is 10.2 Å². The predicted octanol–water partition coefficient (Wildman–Crippen LogP) is 2.82. The van der Waals surface area contributed by atoms with Crippen molar-refractivity contribution < 1.29 is 10.2 Å². The molecule has 5 aliphatic carbocycles. The molecular formula is C22H33NO2. The van der Waals surface area contributed by atoms with Gasteiger partial charge in [0.1, 0.15) is 0 Å². The van der Waals surface area contributed by atoms with Crippen LogP contribution in [0.15, 0.2) is 12.2 Å². The third kappa shape index (κ3) is 1.37. The number of aliphatic hydroxyl groups excluding tert-OH is 2. The summed E-state index contributed by atoms with van der Waals surface area (Å²) >= 11 is 0. The van der Waals surface area contributed by atoms with E-state index < -0.39 is 0 Å². The first-order valence-electron chi connectivity index (χ1n) is 10.7. The van der Waals surface area contributed by atoms with Crippen LogP contribution in [0.1, 0.15) is 52.4 Å². The smallest absolute Gasteiger partial charge is 0.0813 e. The Kier molecular flexibility index (Phi) is 2.73. The Morgan fingerprint density at radius 3 is 2.72 bits per heavy atom. The summed E-state index contributed by atoms with van der Waals surface area (Å²) in [5.74, 6) is 2.08. The highest BCUT2D eigenvalue weighted by atomic mass is 16.3. The van der Waals surface area contributed by atoms with Gasteiger partial charge in [-0.25, -0.2) is 0 Å². The van der Waals surface area contributed by atoms with Crippen molar-refractivity contribution in [3.05, 3.63) is 12.2 Å². The highest BCUT2D eigenvalue weighted by Crippen LogP contribution is 2.83. The van der Waals surface area contributed by atoms with Gasteiger partial charge in [-0.05, 0) is 72.8 Å². The highest BCUT2D eigenvalue weighted by molar-refractivity contribution is 5.38.